The van der Waals surface area contributed by atoms with E-state index >= 15 is 0 Å². The highest BCUT2D eigenvalue weighted by atomic mass is 32.1. The van der Waals surface area contributed by atoms with E-state index in [1.165, 1.54) is 11.3 Å². The molecule has 33 heavy (non-hydrogen) atoms. The van der Waals surface area contributed by atoms with Crippen molar-refractivity contribution in [1.29, 1.82) is 0 Å². The maximum absolute atomic E-state index is 13.5. The quantitative estimate of drug-likeness (QED) is 0.374. The van der Waals surface area contributed by atoms with E-state index in [0.29, 0.717) is 28.7 Å². The molecule has 0 atom stereocenters. The number of ether oxygens (including phenoxy) is 3. The molecule has 4 aromatic rings. The number of rotatable bonds is 8. The maximum atomic E-state index is 13.5. The second-order valence-electron chi connectivity index (χ2n) is 7.47. The Morgan fingerprint density at radius 3 is 2.36 bits per heavy atom. The van der Waals surface area contributed by atoms with Crippen molar-refractivity contribution in [2.75, 3.05) is 26.2 Å². The van der Waals surface area contributed by atoms with Crippen LogP contribution >= 0.6 is 11.3 Å². The van der Waals surface area contributed by atoms with E-state index < -0.39 is 0 Å². The molecular weight excluding hydrogens is 438 g/mol. The fourth-order valence-electron chi connectivity index (χ4n) is 3.65. The van der Waals surface area contributed by atoms with Gasteiger partial charge in [-0.25, -0.2) is 4.98 Å². The summed E-state index contributed by atoms with van der Waals surface area (Å²) in [6, 6.07) is 13.2. The smallest absolute Gasteiger partial charge is 0.233 e. The zero-order valence-corrected chi connectivity index (χ0v) is 19.8. The number of methoxy groups -OCH3 is 3. The summed E-state index contributed by atoms with van der Waals surface area (Å²) < 4.78 is 17.2. The van der Waals surface area contributed by atoms with Gasteiger partial charge in [0.05, 0.1) is 34.3 Å². The molecule has 170 valence electrons. The van der Waals surface area contributed by atoms with Crippen LogP contribution in [0.3, 0.4) is 0 Å². The second-order valence-corrected chi connectivity index (χ2v) is 8.44. The molecule has 1 amide bonds. The first-order valence-corrected chi connectivity index (χ1v) is 11.2. The van der Waals surface area contributed by atoms with Crippen LogP contribution in [0.15, 0.2) is 54.9 Å². The third-order valence-corrected chi connectivity index (χ3v) is 6.40. The van der Waals surface area contributed by atoms with E-state index in [1.807, 2.05) is 49.4 Å². The Bertz CT molecular complexity index is 1230. The van der Waals surface area contributed by atoms with Crippen molar-refractivity contribution in [3.63, 3.8) is 0 Å². The van der Waals surface area contributed by atoms with Gasteiger partial charge in [0.2, 0.25) is 5.91 Å². The average molecular weight is 464 g/mol. The van der Waals surface area contributed by atoms with Gasteiger partial charge in [0.25, 0.3) is 0 Å². The summed E-state index contributed by atoms with van der Waals surface area (Å²) >= 11 is 1.40. The topological polar surface area (TPSA) is 73.8 Å². The van der Waals surface area contributed by atoms with Gasteiger partial charge in [0, 0.05) is 12.4 Å². The molecule has 0 spiro atoms. The minimum Gasteiger partial charge on any atom is -0.496 e. The highest BCUT2D eigenvalue weighted by Crippen LogP contribution is 2.40. The van der Waals surface area contributed by atoms with Crippen LogP contribution in [-0.4, -0.2) is 37.2 Å². The molecule has 0 radical (unpaired) electrons. The number of fused-ring (bicyclic) bond motifs is 1. The summed E-state index contributed by atoms with van der Waals surface area (Å²) in [5, 5.41) is 0.576. The van der Waals surface area contributed by atoms with Crippen molar-refractivity contribution < 1.29 is 19.0 Å². The van der Waals surface area contributed by atoms with E-state index in [9.17, 15) is 4.79 Å². The fraction of sp³-hybridized carbons (Fsp3) is 0.240. The molecule has 7 nitrogen and oxygen atoms in total. The first kappa shape index (κ1) is 22.5. The molecule has 0 fully saturated rings. The third-order valence-electron chi connectivity index (χ3n) is 5.31. The first-order valence-electron chi connectivity index (χ1n) is 10.4. The molecule has 0 saturated heterocycles. The van der Waals surface area contributed by atoms with E-state index in [-0.39, 0.29) is 12.3 Å². The number of nitrogens with zero attached hydrogens (tertiary/aromatic N) is 3. The molecular formula is C25H25N3O4S. The number of hydrogen-bond donors (Lipinski definition) is 0. The molecule has 0 N–H and O–H groups in total. The Morgan fingerprint density at radius 2 is 1.70 bits per heavy atom. The van der Waals surface area contributed by atoms with Crippen LogP contribution < -0.4 is 19.1 Å². The predicted octanol–water partition coefficient (Wildman–Crippen LogP) is 4.80. The number of thiazole rings is 1. The Kier molecular flexibility index (Phi) is 6.74. The zero-order chi connectivity index (χ0) is 23.4. The Labute approximate surface area is 196 Å². The number of carbonyl (C=O) groups is 1. The summed E-state index contributed by atoms with van der Waals surface area (Å²) in [7, 11) is 4.86. The van der Waals surface area contributed by atoms with E-state index in [4.69, 9.17) is 19.2 Å². The molecule has 0 aliphatic heterocycles. The monoisotopic (exact) mass is 463 g/mol. The van der Waals surface area contributed by atoms with Gasteiger partial charge in [0.1, 0.15) is 27.5 Å². The first-order chi connectivity index (χ1) is 16.0. The molecule has 0 aliphatic rings. The lowest BCUT2D eigenvalue weighted by molar-refractivity contribution is -0.118. The summed E-state index contributed by atoms with van der Waals surface area (Å²) in [5.74, 6) is 2.05. The number of pyridine rings is 1. The highest BCUT2D eigenvalue weighted by molar-refractivity contribution is 7.22. The third kappa shape index (κ3) is 4.75. The minimum atomic E-state index is -0.0691. The molecule has 0 saturated carbocycles. The standard InChI is InChI=1S/C25H25N3O4S/c1-16-12-17(7-8-19(16)30-2)13-22(29)28(15-18-6-5-11-26-14-18)25-27-23-20(31-3)9-10-21(32-4)24(23)33-25/h5-12,14H,13,15H2,1-4H3. The van der Waals surface area contributed by atoms with Crippen molar-refractivity contribution in [2.24, 2.45) is 0 Å². The van der Waals surface area contributed by atoms with Crippen molar-refractivity contribution in [3.8, 4) is 17.2 Å². The van der Waals surface area contributed by atoms with Crippen LogP contribution in [0.4, 0.5) is 5.13 Å². The van der Waals surface area contributed by atoms with Gasteiger partial charge in [-0.15, -0.1) is 0 Å². The van der Waals surface area contributed by atoms with Crippen LogP contribution in [0, 0.1) is 6.92 Å². The number of aromatic nitrogens is 2. The van der Waals surface area contributed by atoms with Gasteiger partial charge in [0.15, 0.2) is 5.13 Å². The van der Waals surface area contributed by atoms with Gasteiger partial charge in [-0.05, 0) is 47.9 Å². The summed E-state index contributed by atoms with van der Waals surface area (Å²) in [5.41, 5.74) is 3.47. The molecule has 2 aromatic heterocycles. The van der Waals surface area contributed by atoms with Gasteiger partial charge in [-0.1, -0.05) is 29.5 Å². The van der Waals surface area contributed by atoms with Gasteiger partial charge >= 0.3 is 0 Å². The van der Waals surface area contributed by atoms with Gasteiger partial charge in [-0.3, -0.25) is 14.7 Å². The number of aryl methyl sites for hydroxylation is 1. The zero-order valence-electron chi connectivity index (χ0n) is 19.0. The van der Waals surface area contributed by atoms with Crippen LogP contribution in [0.25, 0.3) is 10.2 Å². The summed E-state index contributed by atoms with van der Waals surface area (Å²) in [6.07, 6.45) is 3.70. The maximum Gasteiger partial charge on any atom is 0.233 e. The SMILES string of the molecule is COc1ccc(CC(=O)N(Cc2cccnc2)c2nc3c(OC)ccc(OC)c3s2)cc1C. The van der Waals surface area contributed by atoms with Crippen LogP contribution in [-0.2, 0) is 17.8 Å². The van der Waals surface area contributed by atoms with Crippen LogP contribution in [0.2, 0.25) is 0 Å². The van der Waals surface area contributed by atoms with Crippen molar-refractivity contribution >= 4 is 32.6 Å². The van der Waals surface area contributed by atoms with Crippen molar-refractivity contribution in [2.45, 2.75) is 19.9 Å². The number of anilines is 1. The van der Waals surface area contributed by atoms with E-state index in [2.05, 4.69) is 4.98 Å². The molecule has 2 aromatic carbocycles. The van der Waals surface area contributed by atoms with Crippen LogP contribution in [0.1, 0.15) is 16.7 Å². The normalized spacial score (nSPS) is 10.8. The lowest BCUT2D eigenvalue weighted by Crippen LogP contribution is -2.31. The number of carbonyl (C=O) groups excluding carboxylic acids is 1. The van der Waals surface area contributed by atoms with Gasteiger partial charge < -0.3 is 14.2 Å². The molecule has 0 bridgehead atoms. The molecule has 0 unspecified atom stereocenters. The predicted molar refractivity (Wildman–Crippen MR) is 130 cm³/mol. The van der Waals surface area contributed by atoms with Crippen molar-refractivity contribution in [3.05, 3.63) is 71.5 Å². The summed E-state index contributed by atoms with van der Waals surface area (Å²) in [6.45, 7) is 2.32. The lowest BCUT2D eigenvalue weighted by atomic mass is 10.1. The Hall–Kier alpha value is -3.65. The number of benzene rings is 2. The molecule has 4 rings (SSSR count). The second kappa shape index (κ2) is 9.87. The van der Waals surface area contributed by atoms with Crippen molar-refractivity contribution in [1.82, 2.24) is 9.97 Å². The van der Waals surface area contributed by atoms with E-state index in [1.54, 1.807) is 38.6 Å². The van der Waals surface area contributed by atoms with Gasteiger partial charge in [-0.2, -0.15) is 0 Å². The molecule has 8 heteroatoms. The van der Waals surface area contributed by atoms with E-state index in [0.717, 1.165) is 27.1 Å². The number of hydrogen-bond acceptors (Lipinski definition) is 7. The Balaban J connectivity index is 1.73. The summed E-state index contributed by atoms with van der Waals surface area (Å²) in [4.78, 5) is 24.2. The fourth-order valence-corrected chi connectivity index (χ4v) is 4.74. The van der Waals surface area contributed by atoms with Crippen LogP contribution in [0.5, 0.6) is 17.2 Å². The minimum absolute atomic E-state index is 0.0691. The largest absolute Gasteiger partial charge is 0.496 e. The lowest BCUT2D eigenvalue weighted by Gasteiger charge is -2.20. The molecule has 2 heterocycles. The average Bonchev–Trinajstić information content (AvgIpc) is 3.28. The highest BCUT2D eigenvalue weighted by Gasteiger charge is 2.23. The molecule has 0 aliphatic carbocycles. The Morgan fingerprint density at radius 1 is 0.970 bits per heavy atom. The number of amides is 1.